The van der Waals surface area contributed by atoms with Crippen LogP contribution in [0.15, 0.2) is 43.0 Å². The highest BCUT2D eigenvalue weighted by Crippen LogP contribution is 2.32. The van der Waals surface area contributed by atoms with Crippen molar-refractivity contribution in [1.82, 2.24) is 15.3 Å². The fraction of sp³-hybridized carbons (Fsp3) is 0.133. The minimum atomic E-state index is -0.141. The van der Waals surface area contributed by atoms with E-state index in [1.54, 1.807) is 24.8 Å². The Morgan fingerprint density at radius 2 is 2.10 bits per heavy atom. The lowest BCUT2D eigenvalue weighted by Gasteiger charge is -2.04. The minimum absolute atomic E-state index is 0.141. The number of nitrogens with zero attached hydrogens (tertiary/aromatic N) is 2. The first-order valence-corrected chi connectivity index (χ1v) is 7.36. The standard InChI is InChI=1S/C15H14N4OS/c16-13-11-4-6-18-9-12(11)21-14(13)15(20)19-7-3-10-2-1-5-17-8-10/h1-2,4-6,8-9H,3,7,16H2,(H,19,20). The molecule has 0 unspecified atom stereocenters. The molecule has 0 bridgehead atoms. The number of aromatic nitrogens is 2. The van der Waals surface area contributed by atoms with Gasteiger partial charge in [-0.25, -0.2) is 0 Å². The van der Waals surface area contributed by atoms with Gasteiger partial charge in [0.15, 0.2) is 0 Å². The van der Waals surface area contributed by atoms with Crippen molar-refractivity contribution in [3.8, 4) is 0 Å². The van der Waals surface area contributed by atoms with Crippen LogP contribution in [0.3, 0.4) is 0 Å². The summed E-state index contributed by atoms with van der Waals surface area (Å²) >= 11 is 1.37. The lowest BCUT2D eigenvalue weighted by molar-refractivity contribution is 0.0959. The number of carbonyl (C=O) groups excluding carboxylic acids is 1. The van der Waals surface area contributed by atoms with Gasteiger partial charge in [-0.05, 0) is 24.1 Å². The Labute approximate surface area is 125 Å². The molecule has 0 aliphatic heterocycles. The molecule has 3 rings (SSSR count). The number of nitrogens with two attached hydrogens (primary N) is 1. The van der Waals surface area contributed by atoms with E-state index < -0.39 is 0 Å². The SMILES string of the molecule is Nc1c(C(=O)NCCc2cccnc2)sc2cnccc12. The first-order valence-electron chi connectivity index (χ1n) is 6.55. The normalized spacial score (nSPS) is 10.7. The number of rotatable bonds is 4. The van der Waals surface area contributed by atoms with E-state index in [2.05, 4.69) is 15.3 Å². The summed E-state index contributed by atoms with van der Waals surface area (Å²) < 4.78 is 0.924. The molecule has 0 spiro atoms. The second kappa shape index (κ2) is 5.88. The molecule has 0 saturated heterocycles. The van der Waals surface area contributed by atoms with Gasteiger partial charge in [-0.2, -0.15) is 0 Å². The van der Waals surface area contributed by atoms with Crippen molar-refractivity contribution in [2.24, 2.45) is 0 Å². The van der Waals surface area contributed by atoms with Gasteiger partial charge in [-0.1, -0.05) is 6.07 Å². The minimum Gasteiger partial charge on any atom is -0.397 e. The summed E-state index contributed by atoms with van der Waals surface area (Å²) in [5.41, 5.74) is 7.65. The summed E-state index contributed by atoms with van der Waals surface area (Å²) in [5, 5.41) is 3.77. The predicted molar refractivity (Wildman–Crippen MR) is 84.3 cm³/mol. The molecule has 0 saturated carbocycles. The van der Waals surface area contributed by atoms with Crippen molar-refractivity contribution in [3.05, 3.63) is 53.4 Å². The first kappa shape index (κ1) is 13.5. The van der Waals surface area contributed by atoms with Gasteiger partial charge < -0.3 is 11.1 Å². The summed E-state index contributed by atoms with van der Waals surface area (Å²) in [6.07, 6.45) is 7.67. The number of carbonyl (C=O) groups is 1. The number of hydrogen-bond donors (Lipinski definition) is 2. The van der Waals surface area contributed by atoms with E-state index in [9.17, 15) is 4.79 Å². The average molecular weight is 298 g/mol. The van der Waals surface area contributed by atoms with Crippen LogP contribution in [-0.2, 0) is 6.42 Å². The fourth-order valence-corrected chi connectivity index (χ4v) is 3.09. The van der Waals surface area contributed by atoms with Crippen LogP contribution in [0.25, 0.3) is 10.1 Å². The van der Waals surface area contributed by atoms with E-state index in [0.717, 1.165) is 22.1 Å². The van der Waals surface area contributed by atoms with Gasteiger partial charge in [0.1, 0.15) is 4.88 Å². The number of thiophene rings is 1. The molecule has 21 heavy (non-hydrogen) atoms. The zero-order chi connectivity index (χ0) is 14.7. The van der Waals surface area contributed by atoms with Gasteiger partial charge in [0.25, 0.3) is 5.91 Å². The molecule has 0 atom stereocenters. The van der Waals surface area contributed by atoms with E-state index >= 15 is 0 Å². The van der Waals surface area contributed by atoms with Crippen molar-refractivity contribution in [1.29, 1.82) is 0 Å². The molecule has 3 aromatic heterocycles. The number of hydrogen-bond acceptors (Lipinski definition) is 5. The maximum absolute atomic E-state index is 12.2. The molecule has 1 amide bonds. The molecule has 0 aliphatic rings. The third kappa shape index (κ3) is 2.85. The predicted octanol–water partition coefficient (Wildman–Crippen LogP) is 2.25. The Balaban J connectivity index is 1.68. The Morgan fingerprint density at radius 1 is 1.24 bits per heavy atom. The largest absolute Gasteiger partial charge is 0.397 e. The second-order valence-electron chi connectivity index (χ2n) is 4.58. The van der Waals surface area contributed by atoms with Gasteiger partial charge in [0, 0.05) is 36.7 Å². The van der Waals surface area contributed by atoms with Crippen molar-refractivity contribution >= 4 is 33.0 Å². The molecule has 0 fully saturated rings. The number of pyridine rings is 2. The lowest BCUT2D eigenvalue weighted by Crippen LogP contribution is -2.25. The van der Waals surface area contributed by atoms with Crippen LogP contribution in [0.1, 0.15) is 15.2 Å². The lowest BCUT2D eigenvalue weighted by atomic mass is 10.2. The van der Waals surface area contributed by atoms with Crippen molar-refractivity contribution in [2.75, 3.05) is 12.3 Å². The number of anilines is 1. The number of nitrogen functional groups attached to an aromatic ring is 1. The van der Waals surface area contributed by atoms with E-state index in [1.165, 1.54) is 11.3 Å². The molecule has 3 heterocycles. The molecule has 5 nitrogen and oxygen atoms in total. The van der Waals surface area contributed by atoms with E-state index in [-0.39, 0.29) is 5.91 Å². The van der Waals surface area contributed by atoms with Gasteiger partial charge >= 0.3 is 0 Å². The zero-order valence-corrected chi connectivity index (χ0v) is 12.1. The van der Waals surface area contributed by atoms with Crippen LogP contribution in [0.2, 0.25) is 0 Å². The summed E-state index contributed by atoms with van der Waals surface area (Å²) in [4.78, 5) is 20.8. The smallest absolute Gasteiger partial charge is 0.263 e. The second-order valence-corrected chi connectivity index (χ2v) is 5.64. The number of fused-ring (bicyclic) bond motifs is 1. The van der Waals surface area contributed by atoms with E-state index in [4.69, 9.17) is 5.73 Å². The Hall–Kier alpha value is -2.47. The van der Waals surface area contributed by atoms with E-state index in [1.807, 2.05) is 18.2 Å². The number of nitrogens with one attached hydrogen (secondary N) is 1. The highest BCUT2D eigenvalue weighted by atomic mass is 32.1. The third-order valence-corrected chi connectivity index (χ3v) is 4.31. The van der Waals surface area contributed by atoms with Crippen LogP contribution in [-0.4, -0.2) is 22.4 Å². The van der Waals surface area contributed by atoms with Gasteiger partial charge in [-0.15, -0.1) is 11.3 Å². The maximum Gasteiger partial charge on any atom is 0.263 e. The molecular weight excluding hydrogens is 284 g/mol. The highest BCUT2D eigenvalue weighted by Gasteiger charge is 2.15. The monoisotopic (exact) mass is 298 g/mol. The summed E-state index contributed by atoms with van der Waals surface area (Å²) in [6, 6.07) is 5.69. The summed E-state index contributed by atoms with van der Waals surface area (Å²) in [5.74, 6) is -0.141. The van der Waals surface area contributed by atoms with E-state index in [0.29, 0.717) is 17.1 Å². The van der Waals surface area contributed by atoms with Crippen LogP contribution in [0, 0.1) is 0 Å². The van der Waals surface area contributed by atoms with Gasteiger partial charge in [0.05, 0.1) is 10.4 Å². The van der Waals surface area contributed by atoms with Crippen molar-refractivity contribution < 1.29 is 4.79 Å². The quantitative estimate of drug-likeness (QED) is 0.774. The molecular formula is C15H14N4OS. The molecule has 6 heteroatoms. The topological polar surface area (TPSA) is 80.9 Å². The van der Waals surface area contributed by atoms with Crippen LogP contribution in [0.5, 0.6) is 0 Å². The Bertz CT molecular complexity index is 770. The molecule has 3 aromatic rings. The van der Waals surface area contributed by atoms with Crippen LogP contribution >= 0.6 is 11.3 Å². The van der Waals surface area contributed by atoms with Crippen molar-refractivity contribution in [3.63, 3.8) is 0 Å². The third-order valence-electron chi connectivity index (χ3n) is 3.16. The number of amides is 1. The molecule has 0 aliphatic carbocycles. The fourth-order valence-electron chi connectivity index (χ4n) is 2.09. The maximum atomic E-state index is 12.2. The molecule has 106 valence electrons. The first-order chi connectivity index (χ1) is 10.3. The summed E-state index contributed by atoms with van der Waals surface area (Å²) in [7, 11) is 0. The van der Waals surface area contributed by atoms with Crippen molar-refractivity contribution in [2.45, 2.75) is 6.42 Å². The molecule has 0 aromatic carbocycles. The van der Waals surface area contributed by atoms with Crippen LogP contribution in [0.4, 0.5) is 5.69 Å². The highest BCUT2D eigenvalue weighted by molar-refractivity contribution is 7.21. The Morgan fingerprint density at radius 3 is 2.86 bits per heavy atom. The zero-order valence-electron chi connectivity index (χ0n) is 11.2. The van der Waals surface area contributed by atoms with Gasteiger partial charge in [-0.3, -0.25) is 14.8 Å². The Kier molecular flexibility index (Phi) is 3.79. The summed E-state index contributed by atoms with van der Waals surface area (Å²) in [6.45, 7) is 0.552. The molecule has 0 radical (unpaired) electrons. The molecule has 3 N–H and O–H groups in total. The van der Waals surface area contributed by atoms with Crippen LogP contribution < -0.4 is 11.1 Å². The van der Waals surface area contributed by atoms with Gasteiger partial charge in [0.2, 0.25) is 0 Å². The average Bonchev–Trinajstić information content (AvgIpc) is 2.86.